The third-order valence-corrected chi connectivity index (χ3v) is 4.47. The summed E-state index contributed by atoms with van der Waals surface area (Å²) in [5.74, 6) is 1.72. The Morgan fingerprint density at radius 1 is 1.33 bits per heavy atom. The van der Waals surface area contributed by atoms with Gasteiger partial charge in [0.05, 0.1) is 11.6 Å². The molecule has 1 aliphatic rings. The molecule has 0 aliphatic carbocycles. The van der Waals surface area contributed by atoms with Crippen LogP contribution in [0.1, 0.15) is 32.3 Å². The van der Waals surface area contributed by atoms with Crippen molar-refractivity contribution in [1.29, 1.82) is 0 Å². The van der Waals surface area contributed by atoms with Crippen molar-refractivity contribution in [3.63, 3.8) is 0 Å². The minimum absolute atomic E-state index is 0.696. The standard InChI is InChI=1S/C15H22BrNO/c1-11-4-5-12(2)17(9-11)10-13-6-7-15(18-3)14(16)8-13/h6-8,11-12H,4-5,9-10H2,1-3H3. The maximum atomic E-state index is 5.27. The highest BCUT2D eigenvalue weighted by molar-refractivity contribution is 9.10. The molecule has 2 nitrogen and oxygen atoms in total. The predicted octanol–water partition coefficient (Wildman–Crippen LogP) is 4.08. The molecule has 0 bridgehead atoms. The number of likely N-dealkylation sites (tertiary alicyclic amines) is 1. The highest BCUT2D eigenvalue weighted by Gasteiger charge is 2.22. The van der Waals surface area contributed by atoms with Gasteiger partial charge in [-0.2, -0.15) is 0 Å². The molecule has 0 aromatic heterocycles. The molecule has 2 rings (SSSR count). The number of piperidine rings is 1. The fourth-order valence-corrected chi connectivity index (χ4v) is 3.23. The van der Waals surface area contributed by atoms with E-state index in [-0.39, 0.29) is 0 Å². The van der Waals surface area contributed by atoms with Crippen molar-refractivity contribution in [2.24, 2.45) is 5.92 Å². The molecule has 1 aliphatic heterocycles. The second-order valence-corrected chi connectivity index (χ2v) is 6.28. The Bertz CT molecular complexity index is 407. The van der Waals surface area contributed by atoms with Gasteiger partial charge in [0.25, 0.3) is 0 Å². The summed E-state index contributed by atoms with van der Waals surface area (Å²) in [5, 5.41) is 0. The lowest BCUT2D eigenvalue weighted by Crippen LogP contribution is -2.40. The highest BCUT2D eigenvalue weighted by Crippen LogP contribution is 2.28. The molecule has 18 heavy (non-hydrogen) atoms. The summed E-state index contributed by atoms with van der Waals surface area (Å²) < 4.78 is 6.31. The molecule has 1 heterocycles. The molecule has 0 N–H and O–H groups in total. The van der Waals surface area contributed by atoms with Crippen LogP contribution >= 0.6 is 15.9 Å². The van der Waals surface area contributed by atoms with Gasteiger partial charge in [0.2, 0.25) is 0 Å². The van der Waals surface area contributed by atoms with Crippen LogP contribution in [0.15, 0.2) is 22.7 Å². The van der Waals surface area contributed by atoms with Crippen molar-refractivity contribution in [2.75, 3.05) is 13.7 Å². The van der Waals surface area contributed by atoms with Gasteiger partial charge >= 0.3 is 0 Å². The third kappa shape index (κ3) is 3.27. The van der Waals surface area contributed by atoms with Gasteiger partial charge in [0.1, 0.15) is 5.75 Å². The summed E-state index contributed by atoms with van der Waals surface area (Å²) in [5.41, 5.74) is 1.35. The average Bonchev–Trinajstić information content (AvgIpc) is 2.34. The van der Waals surface area contributed by atoms with Crippen molar-refractivity contribution in [3.8, 4) is 5.75 Å². The zero-order valence-electron chi connectivity index (χ0n) is 11.4. The smallest absolute Gasteiger partial charge is 0.133 e. The van der Waals surface area contributed by atoms with Crippen molar-refractivity contribution in [1.82, 2.24) is 4.90 Å². The zero-order valence-corrected chi connectivity index (χ0v) is 13.0. The van der Waals surface area contributed by atoms with Crippen LogP contribution in [0, 0.1) is 5.92 Å². The Hall–Kier alpha value is -0.540. The fourth-order valence-electron chi connectivity index (χ4n) is 2.64. The molecule has 2 atom stereocenters. The van der Waals surface area contributed by atoms with Gasteiger partial charge in [-0.25, -0.2) is 0 Å². The molecule has 100 valence electrons. The lowest BCUT2D eigenvalue weighted by Gasteiger charge is -2.36. The Kier molecular flexibility index (Phi) is 4.68. The molecule has 0 amide bonds. The van der Waals surface area contributed by atoms with Gasteiger partial charge in [-0.15, -0.1) is 0 Å². The van der Waals surface area contributed by atoms with Gasteiger partial charge in [-0.05, 0) is 59.3 Å². The van der Waals surface area contributed by atoms with Gasteiger partial charge in [0, 0.05) is 19.1 Å². The van der Waals surface area contributed by atoms with Crippen LogP contribution in [0.5, 0.6) is 5.75 Å². The van der Waals surface area contributed by atoms with E-state index in [1.165, 1.54) is 24.9 Å². The van der Waals surface area contributed by atoms with Gasteiger partial charge < -0.3 is 4.74 Å². The van der Waals surface area contributed by atoms with Crippen LogP contribution in [0.3, 0.4) is 0 Å². The van der Waals surface area contributed by atoms with E-state index in [2.05, 4.69) is 46.8 Å². The van der Waals surface area contributed by atoms with Crippen LogP contribution in [0.25, 0.3) is 0 Å². The number of nitrogens with zero attached hydrogens (tertiary/aromatic N) is 1. The van der Waals surface area contributed by atoms with E-state index in [4.69, 9.17) is 4.74 Å². The molecule has 1 saturated heterocycles. The minimum Gasteiger partial charge on any atom is -0.496 e. The second-order valence-electron chi connectivity index (χ2n) is 5.43. The summed E-state index contributed by atoms with van der Waals surface area (Å²) >= 11 is 3.56. The first kappa shape index (κ1) is 13.9. The molecule has 1 aromatic carbocycles. The Morgan fingerprint density at radius 3 is 2.78 bits per heavy atom. The van der Waals surface area contributed by atoms with E-state index in [1.807, 2.05) is 6.07 Å². The lowest BCUT2D eigenvalue weighted by atomic mass is 9.94. The molecule has 0 spiro atoms. The summed E-state index contributed by atoms with van der Waals surface area (Å²) in [6.45, 7) is 6.94. The third-order valence-electron chi connectivity index (χ3n) is 3.85. The molecule has 1 fully saturated rings. The van der Waals surface area contributed by atoms with E-state index in [0.717, 1.165) is 22.7 Å². The predicted molar refractivity (Wildman–Crippen MR) is 79.0 cm³/mol. The highest BCUT2D eigenvalue weighted by atomic mass is 79.9. The van der Waals surface area contributed by atoms with Crippen molar-refractivity contribution in [2.45, 2.75) is 39.3 Å². The van der Waals surface area contributed by atoms with Crippen LogP contribution in [0.4, 0.5) is 0 Å². The molecule has 0 radical (unpaired) electrons. The second kappa shape index (κ2) is 6.07. The van der Waals surface area contributed by atoms with Gasteiger partial charge in [-0.3, -0.25) is 4.90 Å². The van der Waals surface area contributed by atoms with Crippen LogP contribution in [0.2, 0.25) is 0 Å². The lowest BCUT2D eigenvalue weighted by molar-refractivity contribution is 0.117. The Morgan fingerprint density at radius 2 is 2.11 bits per heavy atom. The fraction of sp³-hybridized carbons (Fsp3) is 0.600. The first-order valence-electron chi connectivity index (χ1n) is 6.66. The normalized spacial score (nSPS) is 25.1. The monoisotopic (exact) mass is 311 g/mol. The van der Waals surface area contributed by atoms with Crippen molar-refractivity contribution in [3.05, 3.63) is 28.2 Å². The SMILES string of the molecule is COc1ccc(CN2CC(C)CCC2C)cc1Br. The first-order chi connectivity index (χ1) is 8.60. The summed E-state index contributed by atoms with van der Waals surface area (Å²) in [4.78, 5) is 2.59. The number of halogens is 1. The summed E-state index contributed by atoms with van der Waals surface area (Å²) in [7, 11) is 1.70. The van der Waals surface area contributed by atoms with Crippen LogP contribution in [-0.2, 0) is 6.54 Å². The first-order valence-corrected chi connectivity index (χ1v) is 7.46. The largest absolute Gasteiger partial charge is 0.496 e. The maximum absolute atomic E-state index is 5.27. The molecule has 0 saturated carbocycles. The van der Waals surface area contributed by atoms with Crippen molar-refractivity contribution >= 4 is 15.9 Å². The number of rotatable bonds is 3. The number of benzene rings is 1. The molecular formula is C15H22BrNO. The van der Waals surface area contributed by atoms with Gasteiger partial charge in [-0.1, -0.05) is 13.0 Å². The number of hydrogen-bond donors (Lipinski definition) is 0. The molecule has 3 heteroatoms. The zero-order chi connectivity index (χ0) is 13.1. The number of hydrogen-bond acceptors (Lipinski definition) is 2. The minimum atomic E-state index is 0.696. The average molecular weight is 312 g/mol. The van der Waals surface area contributed by atoms with E-state index >= 15 is 0 Å². The summed E-state index contributed by atoms with van der Waals surface area (Å²) in [6.07, 6.45) is 2.68. The molecular weight excluding hydrogens is 290 g/mol. The number of methoxy groups -OCH3 is 1. The number of ether oxygens (including phenoxy) is 1. The Labute approximate surface area is 118 Å². The van der Waals surface area contributed by atoms with E-state index in [9.17, 15) is 0 Å². The maximum Gasteiger partial charge on any atom is 0.133 e. The summed E-state index contributed by atoms with van der Waals surface area (Å²) in [6, 6.07) is 7.07. The van der Waals surface area contributed by atoms with E-state index in [1.54, 1.807) is 7.11 Å². The van der Waals surface area contributed by atoms with Gasteiger partial charge in [0.15, 0.2) is 0 Å². The van der Waals surface area contributed by atoms with Crippen LogP contribution in [-0.4, -0.2) is 24.6 Å². The van der Waals surface area contributed by atoms with Crippen LogP contribution < -0.4 is 4.74 Å². The van der Waals surface area contributed by atoms with E-state index in [0.29, 0.717) is 6.04 Å². The van der Waals surface area contributed by atoms with Crippen molar-refractivity contribution < 1.29 is 4.74 Å². The quantitative estimate of drug-likeness (QED) is 0.834. The Balaban J connectivity index is 2.06. The molecule has 1 aromatic rings. The topological polar surface area (TPSA) is 12.5 Å². The molecule has 2 unspecified atom stereocenters. The van der Waals surface area contributed by atoms with E-state index < -0.39 is 0 Å².